The van der Waals surface area contributed by atoms with Crippen LogP contribution >= 0.6 is 0 Å². The lowest BCUT2D eigenvalue weighted by Crippen LogP contribution is -2.20. The van der Waals surface area contributed by atoms with Crippen LogP contribution in [0.3, 0.4) is 0 Å². The lowest BCUT2D eigenvalue weighted by Gasteiger charge is -2.06. The lowest BCUT2D eigenvalue weighted by molar-refractivity contribution is 0.157. The van der Waals surface area contributed by atoms with Crippen molar-refractivity contribution in [2.75, 3.05) is 19.8 Å². The van der Waals surface area contributed by atoms with Crippen molar-refractivity contribution < 1.29 is 4.74 Å². The zero-order valence-corrected chi connectivity index (χ0v) is 9.49. The highest BCUT2D eigenvalue weighted by atomic mass is 16.5. The van der Waals surface area contributed by atoms with Crippen molar-refractivity contribution in [1.82, 2.24) is 14.9 Å². The highest BCUT2D eigenvalue weighted by molar-refractivity contribution is 4.96. The Morgan fingerprint density at radius 1 is 1.67 bits per heavy atom. The van der Waals surface area contributed by atoms with Gasteiger partial charge < -0.3 is 14.6 Å². The zero-order chi connectivity index (χ0) is 11.1. The number of rotatable bonds is 7. The smallest absolute Gasteiger partial charge is 0.0945 e. The summed E-state index contributed by atoms with van der Waals surface area (Å²) in [5.74, 6) is 0. The molecule has 84 valence electrons. The largest absolute Gasteiger partial charge is 0.376 e. The molecule has 4 heteroatoms. The van der Waals surface area contributed by atoms with E-state index in [9.17, 15) is 0 Å². The summed E-state index contributed by atoms with van der Waals surface area (Å²) in [5.41, 5.74) is 2.23. The van der Waals surface area contributed by atoms with Crippen LogP contribution in [0.4, 0.5) is 0 Å². The molecule has 1 rings (SSSR count). The first kappa shape index (κ1) is 11.9. The Labute approximate surface area is 91.0 Å². The number of ether oxygens (including phenoxy) is 1. The molecule has 0 aromatic carbocycles. The van der Waals surface area contributed by atoms with Crippen LogP contribution < -0.4 is 5.32 Å². The Hall–Kier alpha value is -1.13. The van der Waals surface area contributed by atoms with Crippen molar-refractivity contribution in [3.8, 4) is 0 Å². The van der Waals surface area contributed by atoms with Gasteiger partial charge in [0.2, 0.25) is 0 Å². The minimum Gasteiger partial charge on any atom is -0.376 e. The molecule has 0 spiro atoms. The molecule has 0 aliphatic rings. The van der Waals surface area contributed by atoms with Gasteiger partial charge in [-0.2, -0.15) is 0 Å². The molecule has 1 aromatic rings. The maximum absolute atomic E-state index is 5.36. The van der Waals surface area contributed by atoms with E-state index in [-0.39, 0.29) is 0 Å². The van der Waals surface area contributed by atoms with Crippen molar-refractivity contribution >= 4 is 0 Å². The predicted octanol–water partition coefficient (Wildman–Crippen LogP) is 1.10. The van der Waals surface area contributed by atoms with Gasteiger partial charge in [-0.25, -0.2) is 4.98 Å². The van der Waals surface area contributed by atoms with Gasteiger partial charge in [-0.1, -0.05) is 12.2 Å². The molecule has 0 aliphatic carbocycles. The lowest BCUT2D eigenvalue weighted by atomic mass is 10.4. The van der Waals surface area contributed by atoms with Crippen LogP contribution in [-0.4, -0.2) is 29.3 Å². The first-order valence-corrected chi connectivity index (χ1v) is 5.08. The topological polar surface area (TPSA) is 39.1 Å². The van der Waals surface area contributed by atoms with Crippen molar-refractivity contribution in [3.05, 3.63) is 30.4 Å². The molecule has 4 nitrogen and oxygen atoms in total. The molecule has 0 fully saturated rings. The summed E-state index contributed by atoms with van der Waals surface area (Å²) in [5, 5.41) is 3.29. The Morgan fingerprint density at radius 2 is 2.47 bits per heavy atom. The van der Waals surface area contributed by atoms with E-state index >= 15 is 0 Å². The molecule has 0 atom stereocenters. The second-order valence-corrected chi connectivity index (χ2v) is 3.68. The van der Waals surface area contributed by atoms with E-state index in [1.807, 2.05) is 24.7 Å². The SMILES string of the molecule is C=C(C)COCCNCc1cncn1C. The average Bonchev–Trinajstić information content (AvgIpc) is 2.57. The minimum absolute atomic E-state index is 0.646. The van der Waals surface area contributed by atoms with Crippen LogP contribution in [0.15, 0.2) is 24.7 Å². The number of hydrogen-bond donors (Lipinski definition) is 1. The molecule has 1 N–H and O–H groups in total. The summed E-state index contributed by atoms with van der Waals surface area (Å²) in [4.78, 5) is 4.04. The summed E-state index contributed by atoms with van der Waals surface area (Å²) in [6.45, 7) is 8.76. The normalized spacial score (nSPS) is 10.5. The number of aromatic nitrogens is 2. The van der Waals surface area contributed by atoms with Crippen molar-refractivity contribution in [1.29, 1.82) is 0 Å². The fraction of sp³-hybridized carbons (Fsp3) is 0.545. The van der Waals surface area contributed by atoms with Gasteiger partial charge in [0.25, 0.3) is 0 Å². The van der Waals surface area contributed by atoms with Crippen molar-refractivity contribution in [2.24, 2.45) is 7.05 Å². The first-order valence-electron chi connectivity index (χ1n) is 5.08. The molecule has 1 aromatic heterocycles. The number of hydrogen-bond acceptors (Lipinski definition) is 3. The Morgan fingerprint density at radius 3 is 3.07 bits per heavy atom. The number of aryl methyl sites for hydroxylation is 1. The number of nitrogens with one attached hydrogen (secondary N) is 1. The Balaban J connectivity index is 2.03. The maximum Gasteiger partial charge on any atom is 0.0945 e. The summed E-state index contributed by atoms with van der Waals surface area (Å²) in [6, 6.07) is 0. The second-order valence-electron chi connectivity index (χ2n) is 3.68. The third-order valence-electron chi connectivity index (χ3n) is 1.99. The third-order valence-corrected chi connectivity index (χ3v) is 1.99. The summed E-state index contributed by atoms with van der Waals surface area (Å²) in [6.07, 6.45) is 3.66. The van der Waals surface area contributed by atoms with Crippen LogP contribution in [0.25, 0.3) is 0 Å². The fourth-order valence-electron chi connectivity index (χ4n) is 1.16. The molecule has 1 heterocycles. The van der Waals surface area contributed by atoms with Gasteiger partial charge in [-0.15, -0.1) is 0 Å². The highest BCUT2D eigenvalue weighted by Crippen LogP contribution is 1.94. The van der Waals surface area contributed by atoms with Gasteiger partial charge in [0.15, 0.2) is 0 Å². The summed E-state index contributed by atoms with van der Waals surface area (Å²) < 4.78 is 7.36. The Bertz CT molecular complexity index is 307. The van der Waals surface area contributed by atoms with E-state index in [2.05, 4.69) is 16.9 Å². The van der Waals surface area contributed by atoms with Crippen molar-refractivity contribution in [2.45, 2.75) is 13.5 Å². The van der Waals surface area contributed by atoms with E-state index in [1.165, 1.54) is 5.69 Å². The van der Waals surface area contributed by atoms with Gasteiger partial charge in [0.05, 0.1) is 25.2 Å². The van der Waals surface area contributed by atoms with Crippen LogP contribution in [0.5, 0.6) is 0 Å². The second kappa shape index (κ2) is 6.37. The molecular weight excluding hydrogens is 190 g/mol. The summed E-state index contributed by atoms with van der Waals surface area (Å²) in [7, 11) is 1.99. The van der Waals surface area contributed by atoms with Gasteiger partial charge in [0.1, 0.15) is 0 Å². The molecule has 0 aliphatic heterocycles. The predicted molar refractivity (Wildman–Crippen MR) is 60.5 cm³/mol. The molecular formula is C11H19N3O. The van der Waals surface area contributed by atoms with E-state index in [4.69, 9.17) is 4.74 Å². The average molecular weight is 209 g/mol. The van der Waals surface area contributed by atoms with E-state index in [0.29, 0.717) is 13.2 Å². The van der Waals surface area contributed by atoms with Gasteiger partial charge in [0, 0.05) is 26.3 Å². The van der Waals surface area contributed by atoms with Gasteiger partial charge in [-0.3, -0.25) is 0 Å². The van der Waals surface area contributed by atoms with E-state index < -0.39 is 0 Å². The summed E-state index contributed by atoms with van der Waals surface area (Å²) >= 11 is 0. The van der Waals surface area contributed by atoms with Gasteiger partial charge in [-0.05, 0) is 6.92 Å². The quantitative estimate of drug-likeness (QED) is 0.540. The molecule has 0 unspecified atom stereocenters. The van der Waals surface area contributed by atoms with Gasteiger partial charge >= 0.3 is 0 Å². The van der Waals surface area contributed by atoms with Crippen LogP contribution in [-0.2, 0) is 18.3 Å². The fourth-order valence-corrected chi connectivity index (χ4v) is 1.16. The van der Waals surface area contributed by atoms with E-state index in [1.54, 1.807) is 6.33 Å². The standard InChI is InChI=1S/C11H19N3O/c1-10(2)8-15-5-4-12-6-11-7-13-9-14(11)3/h7,9,12H,1,4-6,8H2,2-3H3. The Kier molecular flexibility index (Phi) is 5.07. The first-order chi connectivity index (χ1) is 7.20. The molecule has 0 amide bonds. The molecule has 0 saturated carbocycles. The number of imidazole rings is 1. The molecule has 0 saturated heterocycles. The van der Waals surface area contributed by atoms with Crippen molar-refractivity contribution in [3.63, 3.8) is 0 Å². The number of nitrogens with zero attached hydrogens (tertiary/aromatic N) is 2. The molecule has 0 bridgehead atoms. The van der Waals surface area contributed by atoms with Crippen LogP contribution in [0.1, 0.15) is 12.6 Å². The third kappa shape index (κ3) is 4.76. The van der Waals surface area contributed by atoms with Crippen LogP contribution in [0, 0.1) is 0 Å². The highest BCUT2D eigenvalue weighted by Gasteiger charge is 1.96. The monoisotopic (exact) mass is 209 g/mol. The van der Waals surface area contributed by atoms with Crippen LogP contribution in [0.2, 0.25) is 0 Å². The minimum atomic E-state index is 0.646. The van der Waals surface area contributed by atoms with E-state index in [0.717, 1.165) is 18.7 Å². The molecule has 15 heavy (non-hydrogen) atoms. The maximum atomic E-state index is 5.36. The molecule has 0 radical (unpaired) electrons. The zero-order valence-electron chi connectivity index (χ0n) is 9.49.